The Kier molecular flexibility index (Phi) is 5.52. The molecule has 1 heterocycles. The van der Waals surface area contributed by atoms with Gasteiger partial charge in [0.2, 0.25) is 0 Å². The van der Waals surface area contributed by atoms with Gasteiger partial charge in [0.15, 0.2) is 12.7 Å². The Morgan fingerprint density at radius 2 is 1.87 bits per heavy atom. The number of rotatable bonds is 6. The number of hydrogen-bond acceptors (Lipinski definition) is 6. The second-order valence-electron chi connectivity index (χ2n) is 7.13. The number of carbonyl (C=O) groups is 2. The van der Waals surface area contributed by atoms with Crippen LogP contribution >= 0.6 is 0 Å². The Morgan fingerprint density at radius 3 is 2.67 bits per heavy atom. The molecule has 0 spiro atoms. The molecule has 7 nitrogen and oxygen atoms in total. The first-order chi connectivity index (χ1) is 14.5. The highest BCUT2D eigenvalue weighted by atomic mass is 16.6. The van der Waals surface area contributed by atoms with E-state index in [9.17, 15) is 14.4 Å². The molecule has 3 aromatic rings. The van der Waals surface area contributed by atoms with Crippen LogP contribution in [0.2, 0.25) is 0 Å². The Bertz CT molecular complexity index is 1150. The minimum absolute atomic E-state index is 0.315. The van der Waals surface area contributed by atoms with Crippen molar-refractivity contribution >= 4 is 28.5 Å². The van der Waals surface area contributed by atoms with Gasteiger partial charge in [-0.1, -0.05) is 18.2 Å². The van der Waals surface area contributed by atoms with Crippen molar-refractivity contribution in [1.82, 2.24) is 0 Å². The van der Waals surface area contributed by atoms with E-state index in [4.69, 9.17) is 13.9 Å². The van der Waals surface area contributed by atoms with Crippen molar-refractivity contribution in [3.05, 3.63) is 70.1 Å². The van der Waals surface area contributed by atoms with E-state index in [1.165, 1.54) is 6.92 Å². The van der Waals surface area contributed by atoms with Crippen molar-refractivity contribution in [1.29, 1.82) is 0 Å². The van der Waals surface area contributed by atoms with Gasteiger partial charge in [-0.15, -0.1) is 0 Å². The molecule has 1 amide bonds. The van der Waals surface area contributed by atoms with E-state index in [1.54, 1.807) is 36.4 Å². The number of carbonyl (C=O) groups excluding carboxylic acids is 2. The number of para-hydroxylation sites is 1. The molecule has 4 rings (SSSR count). The maximum atomic E-state index is 12.1. The zero-order valence-electron chi connectivity index (χ0n) is 16.5. The highest BCUT2D eigenvalue weighted by Crippen LogP contribution is 2.29. The summed E-state index contributed by atoms with van der Waals surface area (Å²) in [5, 5.41) is 3.56. The van der Waals surface area contributed by atoms with Gasteiger partial charge in [-0.3, -0.25) is 4.79 Å². The fourth-order valence-corrected chi connectivity index (χ4v) is 3.55. The third-order valence-electron chi connectivity index (χ3n) is 5.02. The standard InChI is InChI=1S/C23H21NO6/c1-14(22(26)24-15-6-3-2-4-7-15)29-21(25)13-28-16-10-11-18-17-8-5-9-19(17)23(27)30-20(18)12-16/h2-4,6-7,10-12,14H,5,8-9,13H2,1H3,(H,24,26)/t14-/m0/s1. The normalized spacial score (nSPS) is 13.5. The first-order valence-corrected chi connectivity index (χ1v) is 9.78. The Balaban J connectivity index is 1.35. The van der Waals surface area contributed by atoms with Crippen LogP contribution in [0.1, 0.15) is 24.5 Å². The highest BCUT2D eigenvalue weighted by Gasteiger charge is 2.21. The molecule has 0 unspecified atom stereocenters. The summed E-state index contributed by atoms with van der Waals surface area (Å²) in [5.41, 5.74) is 2.52. The van der Waals surface area contributed by atoms with Crippen molar-refractivity contribution in [2.24, 2.45) is 0 Å². The summed E-state index contributed by atoms with van der Waals surface area (Å²) in [4.78, 5) is 36.3. The predicted octanol–water partition coefficient (Wildman–Crippen LogP) is 3.23. The van der Waals surface area contributed by atoms with E-state index in [1.807, 2.05) is 12.1 Å². The van der Waals surface area contributed by atoms with E-state index in [0.717, 1.165) is 35.8 Å². The highest BCUT2D eigenvalue weighted by molar-refractivity contribution is 5.95. The zero-order chi connectivity index (χ0) is 21.1. The van der Waals surface area contributed by atoms with Crippen LogP contribution < -0.4 is 15.7 Å². The molecule has 1 aliphatic rings. The number of hydrogen-bond donors (Lipinski definition) is 1. The van der Waals surface area contributed by atoms with Crippen LogP contribution in [-0.4, -0.2) is 24.6 Å². The van der Waals surface area contributed by atoms with Gasteiger partial charge in [0.05, 0.1) is 0 Å². The molecular weight excluding hydrogens is 386 g/mol. The first kappa shape index (κ1) is 19.7. The first-order valence-electron chi connectivity index (χ1n) is 9.78. The Morgan fingerprint density at radius 1 is 1.10 bits per heavy atom. The van der Waals surface area contributed by atoms with E-state index >= 15 is 0 Å². The zero-order valence-corrected chi connectivity index (χ0v) is 16.5. The second kappa shape index (κ2) is 8.41. The number of benzene rings is 2. The van der Waals surface area contributed by atoms with E-state index in [0.29, 0.717) is 17.0 Å². The summed E-state index contributed by atoms with van der Waals surface area (Å²) in [7, 11) is 0. The minimum Gasteiger partial charge on any atom is -0.482 e. The van der Waals surface area contributed by atoms with Crippen LogP contribution in [0.3, 0.4) is 0 Å². The summed E-state index contributed by atoms with van der Waals surface area (Å²) in [5.74, 6) is -0.737. The lowest BCUT2D eigenvalue weighted by Gasteiger charge is -2.14. The monoisotopic (exact) mass is 407 g/mol. The van der Waals surface area contributed by atoms with Gasteiger partial charge in [-0.25, -0.2) is 9.59 Å². The topological polar surface area (TPSA) is 94.8 Å². The summed E-state index contributed by atoms with van der Waals surface area (Å²) in [6.45, 7) is 1.12. The SMILES string of the molecule is C[C@H](OC(=O)COc1ccc2c3c(c(=O)oc2c1)CCC3)C(=O)Nc1ccccc1. The third-order valence-corrected chi connectivity index (χ3v) is 5.02. The van der Waals surface area contributed by atoms with Crippen LogP contribution in [0.15, 0.2) is 57.7 Å². The molecule has 2 aromatic carbocycles. The van der Waals surface area contributed by atoms with Crippen LogP contribution in [0.4, 0.5) is 5.69 Å². The molecular formula is C23H21NO6. The van der Waals surface area contributed by atoms with E-state index in [2.05, 4.69) is 5.32 Å². The number of nitrogens with one attached hydrogen (secondary N) is 1. The van der Waals surface area contributed by atoms with Gasteiger partial charge in [0.1, 0.15) is 11.3 Å². The lowest BCUT2D eigenvalue weighted by Crippen LogP contribution is -2.31. The molecule has 1 N–H and O–H groups in total. The number of anilines is 1. The lowest BCUT2D eigenvalue weighted by atomic mass is 10.1. The quantitative estimate of drug-likeness (QED) is 0.498. The Hall–Kier alpha value is -3.61. The fraction of sp³-hybridized carbons (Fsp3) is 0.261. The van der Waals surface area contributed by atoms with Gasteiger partial charge in [-0.2, -0.15) is 0 Å². The van der Waals surface area contributed by atoms with Crippen molar-refractivity contribution in [2.75, 3.05) is 11.9 Å². The average Bonchev–Trinajstić information content (AvgIpc) is 3.23. The number of aryl methyl sites for hydroxylation is 1. The van der Waals surface area contributed by atoms with E-state index in [-0.39, 0.29) is 12.2 Å². The molecule has 0 saturated carbocycles. The second-order valence-corrected chi connectivity index (χ2v) is 7.13. The van der Waals surface area contributed by atoms with E-state index < -0.39 is 18.0 Å². The van der Waals surface area contributed by atoms with Crippen molar-refractivity contribution in [3.8, 4) is 5.75 Å². The molecule has 0 radical (unpaired) electrons. The third kappa shape index (κ3) is 4.20. The van der Waals surface area contributed by atoms with Gasteiger partial charge >= 0.3 is 11.6 Å². The number of fused-ring (bicyclic) bond motifs is 3. The number of amides is 1. The van der Waals surface area contributed by atoms with Crippen molar-refractivity contribution < 1.29 is 23.5 Å². The maximum Gasteiger partial charge on any atom is 0.344 e. The summed E-state index contributed by atoms with van der Waals surface area (Å²) in [6, 6.07) is 14.0. The molecule has 30 heavy (non-hydrogen) atoms. The Labute approximate surface area is 172 Å². The molecule has 0 fully saturated rings. The molecule has 1 aromatic heterocycles. The van der Waals surface area contributed by atoms with Crippen LogP contribution in [0, 0.1) is 0 Å². The maximum absolute atomic E-state index is 12.1. The number of esters is 1. The summed E-state index contributed by atoms with van der Waals surface area (Å²) in [6.07, 6.45) is 1.57. The molecule has 0 aliphatic heterocycles. The van der Waals surface area contributed by atoms with Crippen LogP contribution in [0.5, 0.6) is 5.75 Å². The fourth-order valence-electron chi connectivity index (χ4n) is 3.55. The summed E-state index contributed by atoms with van der Waals surface area (Å²) < 4.78 is 16.0. The van der Waals surface area contributed by atoms with Crippen LogP contribution in [0.25, 0.3) is 11.0 Å². The molecule has 154 valence electrons. The van der Waals surface area contributed by atoms with Crippen LogP contribution in [-0.2, 0) is 27.2 Å². The largest absolute Gasteiger partial charge is 0.482 e. The van der Waals surface area contributed by atoms with Gasteiger partial charge in [0.25, 0.3) is 5.91 Å². The minimum atomic E-state index is -0.974. The van der Waals surface area contributed by atoms with Crippen molar-refractivity contribution in [2.45, 2.75) is 32.3 Å². The lowest BCUT2D eigenvalue weighted by molar-refractivity contribution is -0.155. The molecule has 1 atom stereocenters. The molecule has 0 bridgehead atoms. The summed E-state index contributed by atoms with van der Waals surface area (Å²) >= 11 is 0. The molecule has 0 saturated heterocycles. The van der Waals surface area contributed by atoms with Gasteiger partial charge < -0.3 is 19.2 Å². The average molecular weight is 407 g/mol. The van der Waals surface area contributed by atoms with Crippen molar-refractivity contribution in [3.63, 3.8) is 0 Å². The molecule has 7 heteroatoms. The predicted molar refractivity (Wildman–Crippen MR) is 111 cm³/mol. The van der Waals surface area contributed by atoms with Gasteiger partial charge in [-0.05, 0) is 56.0 Å². The van der Waals surface area contributed by atoms with Gasteiger partial charge in [0, 0.05) is 22.7 Å². The molecule has 1 aliphatic carbocycles. The smallest absolute Gasteiger partial charge is 0.344 e. The number of ether oxygens (including phenoxy) is 2.